The molecule has 0 aromatic heterocycles. The van der Waals surface area contributed by atoms with Crippen molar-refractivity contribution < 1.29 is 13.2 Å². The van der Waals surface area contributed by atoms with E-state index in [0.29, 0.717) is 6.42 Å². The molecule has 0 radical (unpaired) electrons. The summed E-state index contributed by atoms with van der Waals surface area (Å²) in [6.45, 7) is 1.88. The van der Waals surface area contributed by atoms with E-state index in [1.54, 1.807) is 0 Å². The van der Waals surface area contributed by atoms with Crippen molar-refractivity contribution in [1.29, 1.82) is 0 Å². The quantitative estimate of drug-likeness (QED) is 0.827. The molecule has 2 N–H and O–H groups in total. The molecule has 1 aromatic carbocycles. The molecule has 0 aliphatic rings. The van der Waals surface area contributed by atoms with Crippen LogP contribution in [0.25, 0.3) is 0 Å². The Morgan fingerprint density at radius 3 is 2.40 bits per heavy atom. The van der Waals surface area contributed by atoms with Crippen molar-refractivity contribution >= 4 is 0 Å². The van der Waals surface area contributed by atoms with Gasteiger partial charge in [-0.1, -0.05) is 24.3 Å². The van der Waals surface area contributed by atoms with Gasteiger partial charge in [0.1, 0.15) is 6.04 Å². The summed E-state index contributed by atoms with van der Waals surface area (Å²) < 4.78 is 36.4. The molecule has 0 fully saturated rings. The minimum atomic E-state index is -4.29. The highest BCUT2D eigenvalue weighted by Crippen LogP contribution is 2.22. The molecule has 1 nitrogen and oxygen atoms in total. The fourth-order valence-corrected chi connectivity index (χ4v) is 1.37. The molecule has 1 unspecified atom stereocenters. The fourth-order valence-electron chi connectivity index (χ4n) is 1.37. The molecule has 0 saturated heterocycles. The Hall–Kier alpha value is -1.03. The van der Waals surface area contributed by atoms with E-state index in [9.17, 15) is 13.2 Å². The average molecular weight is 217 g/mol. The number of nitrogens with two attached hydrogens (primary N) is 1. The maximum Gasteiger partial charge on any atom is 0.403 e. The van der Waals surface area contributed by atoms with Gasteiger partial charge in [0.05, 0.1) is 0 Å². The van der Waals surface area contributed by atoms with E-state index in [1.165, 1.54) is 0 Å². The Balaban J connectivity index is 2.55. The molecule has 0 aliphatic heterocycles. The van der Waals surface area contributed by atoms with Gasteiger partial charge in [0.25, 0.3) is 0 Å². The Bertz CT molecular complexity index is 320. The van der Waals surface area contributed by atoms with E-state index in [2.05, 4.69) is 0 Å². The number of rotatable bonds is 3. The maximum absolute atomic E-state index is 12.1. The Labute approximate surface area is 87.1 Å². The first kappa shape index (κ1) is 12.0. The lowest BCUT2D eigenvalue weighted by molar-refractivity contribution is -0.148. The van der Waals surface area contributed by atoms with Gasteiger partial charge >= 0.3 is 6.18 Å². The second-order valence-electron chi connectivity index (χ2n) is 3.61. The molecule has 15 heavy (non-hydrogen) atoms. The van der Waals surface area contributed by atoms with Gasteiger partial charge in [-0.15, -0.1) is 0 Å². The third kappa shape index (κ3) is 3.55. The van der Waals surface area contributed by atoms with Crippen molar-refractivity contribution in [3.63, 3.8) is 0 Å². The highest BCUT2D eigenvalue weighted by Gasteiger charge is 2.35. The summed E-state index contributed by atoms with van der Waals surface area (Å²) >= 11 is 0. The zero-order chi connectivity index (χ0) is 11.5. The van der Waals surface area contributed by atoms with Gasteiger partial charge in [-0.05, 0) is 30.9 Å². The molecule has 0 spiro atoms. The molecule has 0 bridgehead atoms. The predicted octanol–water partition coefficient (Wildman–Crippen LogP) is 2.82. The Kier molecular flexibility index (Phi) is 3.74. The Morgan fingerprint density at radius 1 is 1.27 bits per heavy atom. The summed E-state index contributed by atoms with van der Waals surface area (Å²) in [6.07, 6.45) is -3.98. The van der Waals surface area contributed by atoms with Gasteiger partial charge in [0.15, 0.2) is 0 Å². The molecule has 1 aromatic rings. The van der Waals surface area contributed by atoms with Gasteiger partial charge in [-0.2, -0.15) is 13.2 Å². The summed E-state index contributed by atoms with van der Waals surface area (Å²) in [4.78, 5) is 0. The number of hydrogen-bond acceptors (Lipinski definition) is 1. The first-order valence-electron chi connectivity index (χ1n) is 4.78. The third-order valence-electron chi connectivity index (χ3n) is 2.41. The summed E-state index contributed by atoms with van der Waals surface area (Å²) in [5, 5.41) is 0. The minimum Gasteiger partial charge on any atom is -0.320 e. The summed E-state index contributed by atoms with van der Waals surface area (Å²) in [7, 11) is 0. The van der Waals surface area contributed by atoms with Crippen molar-refractivity contribution in [2.24, 2.45) is 5.73 Å². The highest BCUT2D eigenvalue weighted by molar-refractivity contribution is 5.25. The Morgan fingerprint density at radius 2 is 1.87 bits per heavy atom. The van der Waals surface area contributed by atoms with Crippen molar-refractivity contribution in [1.82, 2.24) is 0 Å². The summed E-state index contributed by atoms with van der Waals surface area (Å²) in [5.74, 6) is 0. The highest BCUT2D eigenvalue weighted by atomic mass is 19.4. The van der Waals surface area contributed by atoms with E-state index < -0.39 is 12.2 Å². The molecular weight excluding hydrogens is 203 g/mol. The van der Waals surface area contributed by atoms with E-state index in [4.69, 9.17) is 5.73 Å². The number of hydrogen-bond donors (Lipinski definition) is 1. The number of benzene rings is 1. The molecule has 1 atom stereocenters. The van der Waals surface area contributed by atoms with E-state index >= 15 is 0 Å². The van der Waals surface area contributed by atoms with Crippen molar-refractivity contribution in [3.8, 4) is 0 Å². The topological polar surface area (TPSA) is 26.0 Å². The lowest BCUT2D eigenvalue weighted by Gasteiger charge is -2.15. The summed E-state index contributed by atoms with van der Waals surface area (Å²) in [5.41, 5.74) is 6.96. The largest absolute Gasteiger partial charge is 0.403 e. The third-order valence-corrected chi connectivity index (χ3v) is 2.41. The molecule has 0 heterocycles. The molecule has 0 aliphatic carbocycles. The lowest BCUT2D eigenvalue weighted by atomic mass is 10.0. The van der Waals surface area contributed by atoms with Gasteiger partial charge in [0, 0.05) is 0 Å². The average Bonchev–Trinajstić information content (AvgIpc) is 2.14. The maximum atomic E-state index is 12.1. The zero-order valence-corrected chi connectivity index (χ0v) is 8.51. The van der Waals surface area contributed by atoms with Crippen LogP contribution >= 0.6 is 0 Å². The van der Waals surface area contributed by atoms with Crippen molar-refractivity contribution in [2.45, 2.75) is 32.0 Å². The first-order valence-corrected chi connectivity index (χ1v) is 4.78. The van der Waals surface area contributed by atoms with Crippen LogP contribution in [-0.4, -0.2) is 12.2 Å². The van der Waals surface area contributed by atoms with Crippen LogP contribution in [0.2, 0.25) is 0 Å². The smallest absolute Gasteiger partial charge is 0.320 e. The second-order valence-corrected chi connectivity index (χ2v) is 3.61. The normalized spacial score (nSPS) is 13.9. The van der Waals surface area contributed by atoms with Crippen LogP contribution in [0.15, 0.2) is 24.3 Å². The SMILES string of the molecule is Cc1ccccc1CCC(N)C(F)(F)F. The second kappa shape index (κ2) is 4.66. The number of aryl methyl sites for hydroxylation is 2. The van der Waals surface area contributed by atoms with Gasteiger partial charge in [-0.3, -0.25) is 0 Å². The number of alkyl halides is 3. The monoisotopic (exact) mass is 217 g/mol. The molecule has 0 saturated carbocycles. The molecule has 4 heteroatoms. The predicted molar refractivity (Wildman–Crippen MR) is 53.5 cm³/mol. The van der Waals surface area contributed by atoms with Gasteiger partial charge in [0.2, 0.25) is 0 Å². The van der Waals surface area contributed by atoms with E-state index in [0.717, 1.165) is 11.1 Å². The number of halogens is 3. The lowest BCUT2D eigenvalue weighted by Crippen LogP contribution is -2.37. The zero-order valence-electron chi connectivity index (χ0n) is 8.51. The van der Waals surface area contributed by atoms with Crippen LogP contribution in [0.4, 0.5) is 13.2 Å². The van der Waals surface area contributed by atoms with Crippen LogP contribution in [0.5, 0.6) is 0 Å². The van der Waals surface area contributed by atoms with Gasteiger partial charge < -0.3 is 5.73 Å². The molecule has 1 rings (SSSR count). The van der Waals surface area contributed by atoms with Crippen LogP contribution in [-0.2, 0) is 6.42 Å². The summed E-state index contributed by atoms with van der Waals surface area (Å²) in [6, 6.07) is 5.67. The van der Waals surface area contributed by atoms with Crippen molar-refractivity contribution in [2.75, 3.05) is 0 Å². The van der Waals surface area contributed by atoms with E-state index in [1.807, 2.05) is 31.2 Å². The molecular formula is C11H14F3N. The van der Waals surface area contributed by atoms with Crippen LogP contribution < -0.4 is 5.73 Å². The van der Waals surface area contributed by atoms with Crippen LogP contribution in [0, 0.1) is 6.92 Å². The van der Waals surface area contributed by atoms with Crippen molar-refractivity contribution in [3.05, 3.63) is 35.4 Å². The fraction of sp³-hybridized carbons (Fsp3) is 0.455. The first-order chi connectivity index (χ1) is 6.91. The van der Waals surface area contributed by atoms with Crippen LogP contribution in [0.3, 0.4) is 0 Å². The van der Waals surface area contributed by atoms with Crippen LogP contribution in [0.1, 0.15) is 17.5 Å². The standard InChI is InChI=1S/C11H14F3N/c1-8-4-2-3-5-9(8)6-7-10(15)11(12,13)14/h2-5,10H,6-7,15H2,1H3. The van der Waals surface area contributed by atoms with E-state index in [-0.39, 0.29) is 6.42 Å². The molecule has 0 amide bonds. The van der Waals surface area contributed by atoms with Gasteiger partial charge in [-0.25, -0.2) is 0 Å². The minimum absolute atomic E-state index is 0.0612. The molecule has 84 valence electrons.